The van der Waals surface area contributed by atoms with Crippen molar-refractivity contribution in [2.75, 3.05) is 0 Å². The minimum absolute atomic E-state index is 0.445. The number of carbonyl (C=O) groups excluding carboxylic acids is 1. The Bertz CT molecular complexity index is 535. The van der Waals surface area contributed by atoms with Crippen LogP contribution >= 0.6 is 31.9 Å². The summed E-state index contributed by atoms with van der Waals surface area (Å²) in [7, 11) is 0. The normalized spacial score (nSPS) is 10.1. The van der Waals surface area contributed by atoms with E-state index in [1.807, 2.05) is 12.1 Å². The molecule has 1 aromatic carbocycles. The first-order valence-corrected chi connectivity index (χ1v) is 6.75. The second-order valence-electron chi connectivity index (χ2n) is 3.58. The molecule has 3 nitrogen and oxygen atoms in total. The van der Waals surface area contributed by atoms with Gasteiger partial charge in [0.25, 0.3) is 0 Å². The second-order valence-corrected chi connectivity index (χ2v) is 5.28. The SMILES string of the molecule is O=Cc1cc(Br)c(OCc2ccncc2)c(Br)c1. The van der Waals surface area contributed by atoms with Crippen molar-refractivity contribution in [3.05, 3.63) is 56.7 Å². The fourth-order valence-electron chi connectivity index (χ4n) is 1.42. The standard InChI is InChI=1S/C13H9Br2NO2/c14-11-5-10(7-17)6-12(15)13(11)18-8-9-1-3-16-4-2-9/h1-7H,8H2. The van der Waals surface area contributed by atoms with Crippen LogP contribution in [0.15, 0.2) is 45.6 Å². The summed E-state index contributed by atoms with van der Waals surface area (Å²) in [6, 6.07) is 7.22. The fourth-order valence-corrected chi connectivity index (χ4v) is 2.87. The van der Waals surface area contributed by atoms with Crippen LogP contribution in [-0.2, 0) is 6.61 Å². The molecule has 0 saturated heterocycles. The molecule has 0 aliphatic rings. The number of aldehydes is 1. The third-order valence-electron chi connectivity index (χ3n) is 2.29. The number of halogens is 2. The molecule has 2 aromatic rings. The lowest BCUT2D eigenvalue weighted by atomic mass is 10.2. The van der Waals surface area contributed by atoms with E-state index in [-0.39, 0.29) is 0 Å². The number of nitrogens with zero attached hydrogens (tertiary/aromatic N) is 1. The van der Waals surface area contributed by atoms with E-state index in [9.17, 15) is 4.79 Å². The van der Waals surface area contributed by atoms with Gasteiger partial charge in [-0.2, -0.15) is 0 Å². The minimum Gasteiger partial charge on any atom is -0.487 e. The Kier molecular flexibility index (Phi) is 4.49. The lowest BCUT2D eigenvalue weighted by Gasteiger charge is -2.10. The van der Waals surface area contributed by atoms with Crippen molar-refractivity contribution >= 4 is 38.1 Å². The van der Waals surface area contributed by atoms with Crippen LogP contribution in [0, 0.1) is 0 Å². The van der Waals surface area contributed by atoms with Crippen LogP contribution in [0.25, 0.3) is 0 Å². The number of carbonyl (C=O) groups is 1. The highest BCUT2D eigenvalue weighted by atomic mass is 79.9. The lowest BCUT2D eigenvalue weighted by molar-refractivity contribution is 0.112. The van der Waals surface area contributed by atoms with Gasteiger partial charge in [-0.1, -0.05) is 0 Å². The van der Waals surface area contributed by atoms with Gasteiger partial charge >= 0.3 is 0 Å². The average Bonchev–Trinajstić information content (AvgIpc) is 2.38. The first-order valence-electron chi connectivity index (χ1n) is 5.16. The van der Waals surface area contributed by atoms with Gasteiger partial charge in [-0.3, -0.25) is 9.78 Å². The molecular formula is C13H9Br2NO2. The average molecular weight is 371 g/mol. The van der Waals surface area contributed by atoms with E-state index in [1.165, 1.54) is 0 Å². The molecule has 0 fully saturated rings. The molecule has 0 amide bonds. The molecule has 1 aromatic heterocycles. The molecule has 2 rings (SSSR count). The van der Waals surface area contributed by atoms with Crippen LogP contribution < -0.4 is 4.74 Å². The Balaban J connectivity index is 2.17. The highest BCUT2D eigenvalue weighted by Gasteiger charge is 2.09. The van der Waals surface area contributed by atoms with E-state index in [2.05, 4.69) is 36.8 Å². The van der Waals surface area contributed by atoms with E-state index in [0.29, 0.717) is 17.9 Å². The molecule has 18 heavy (non-hydrogen) atoms. The van der Waals surface area contributed by atoms with Gasteiger partial charge in [-0.05, 0) is 61.7 Å². The number of rotatable bonds is 4. The topological polar surface area (TPSA) is 39.2 Å². The molecule has 1 heterocycles. The van der Waals surface area contributed by atoms with Crippen LogP contribution in [0.5, 0.6) is 5.75 Å². The number of aromatic nitrogens is 1. The van der Waals surface area contributed by atoms with Crippen LogP contribution in [0.4, 0.5) is 0 Å². The number of pyridine rings is 1. The maximum atomic E-state index is 10.7. The molecule has 0 spiro atoms. The molecule has 0 saturated carbocycles. The highest BCUT2D eigenvalue weighted by molar-refractivity contribution is 9.11. The van der Waals surface area contributed by atoms with Crippen molar-refractivity contribution in [2.24, 2.45) is 0 Å². The van der Waals surface area contributed by atoms with Crippen molar-refractivity contribution in [2.45, 2.75) is 6.61 Å². The van der Waals surface area contributed by atoms with Crippen LogP contribution in [0.2, 0.25) is 0 Å². The third-order valence-corrected chi connectivity index (χ3v) is 3.47. The second kappa shape index (κ2) is 6.11. The molecular weight excluding hydrogens is 362 g/mol. The molecule has 0 N–H and O–H groups in total. The zero-order chi connectivity index (χ0) is 13.0. The van der Waals surface area contributed by atoms with Gasteiger partial charge in [-0.25, -0.2) is 0 Å². The quantitative estimate of drug-likeness (QED) is 0.763. The van der Waals surface area contributed by atoms with E-state index < -0.39 is 0 Å². The Morgan fingerprint density at radius 2 is 1.78 bits per heavy atom. The Labute approximate surface area is 121 Å². The van der Waals surface area contributed by atoms with Crippen LogP contribution in [0.1, 0.15) is 15.9 Å². The number of hydrogen-bond acceptors (Lipinski definition) is 3. The number of ether oxygens (including phenoxy) is 1. The van der Waals surface area contributed by atoms with Crippen molar-refractivity contribution in [3.63, 3.8) is 0 Å². The van der Waals surface area contributed by atoms with Gasteiger partial charge in [0.15, 0.2) is 0 Å². The van der Waals surface area contributed by atoms with Gasteiger partial charge in [0.05, 0.1) is 8.95 Å². The fraction of sp³-hybridized carbons (Fsp3) is 0.0769. The Morgan fingerprint density at radius 3 is 2.33 bits per heavy atom. The molecule has 0 atom stereocenters. The molecule has 0 unspecified atom stereocenters. The summed E-state index contributed by atoms with van der Waals surface area (Å²) in [5.41, 5.74) is 1.62. The molecule has 0 aliphatic heterocycles. The van der Waals surface area contributed by atoms with Gasteiger partial charge in [0.1, 0.15) is 18.6 Å². The molecule has 0 bridgehead atoms. The van der Waals surface area contributed by atoms with Crippen LogP contribution in [0.3, 0.4) is 0 Å². The first kappa shape index (κ1) is 13.2. The maximum absolute atomic E-state index is 10.7. The summed E-state index contributed by atoms with van der Waals surface area (Å²) in [5.74, 6) is 0.678. The van der Waals surface area contributed by atoms with E-state index in [1.54, 1.807) is 24.5 Å². The molecule has 5 heteroatoms. The van der Waals surface area contributed by atoms with Crippen LogP contribution in [-0.4, -0.2) is 11.3 Å². The van der Waals surface area contributed by atoms with E-state index in [0.717, 1.165) is 20.8 Å². The summed E-state index contributed by atoms with van der Waals surface area (Å²) >= 11 is 6.77. The molecule has 0 aliphatic carbocycles. The zero-order valence-electron chi connectivity index (χ0n) is 9.27. The third kappa shape index (κ3) is 3.17. The Hall–Kier alpha value is -1.20. The summed E-state index contributed by atoms with van der Waals surface area (Å²) in [5, 5.41) is 0. The summed E-state index contributed by atoms with van der Waals surface area (Å²) in [4.78, 5) is 14.7. The first-order chi connectivity index (χ1) is 8.70. The van der Waals surface area contributed by atoms with Gasteiger partial charge in [0.2, 0.25) is 0 Å². The highest BCUT2D eigenvalue weighted by Crippen LogP contribution is 2.34. The maximum Gasteiger partial charge on any atom is 0.150 e. The van der Waals surface area contributed by atoms with Gasteiger partial charge in [-0.15, -0.1) is 0 Å². The summed E-state index contributed by atoms with van der Waals surface area (Å²) in [6.07, 6.45) is 4.23. The summed E-state index contributed by atoms with van der Waals surface area (Å²) in [6.45, 7) is 0.445. The lowest BCUT2D eigenvalue weighted by Crippen LogP contribution is -1.97. The molecule has 92 valence electrons. The van der Waals surface area contributed by atoms with E-state index >= 15 is 0 Å². The smallest absolute Gasteiger partial charge is 0.150 e. The van der Waals surface area contributed by atoms with Gasteiger partial charge in [0, 0.05) is 18.0 Å². The minimum atomic E-state index is 0.445. The van der Waals surface area contributed by atoms with Crippen molar-refractivity contribution in [1.82, 2.24) is 4.98 Å². The monoisotopic (exact) mass is 369 g/mol. The largest absolute Gasteiger partial charge is 0.487 e. The van der Waals surface area contributed by atoms with Crippen molar-refractivity contribution in [1.29, 1.82) is 0 Å². The summed E-state index contributed by atoms with van der Waals surface area (Å²) < 4.78 is 7.20. The predicted molar refractivity (Wildman–Crippen MR) is 75.8 cm³/mol. The van der Waals surface area contributed by atoms with Crippen molar-refractivity contribution < 1.29 is 9.53 Å². The van der Waals surface area contributed by atoms with E-state index in [4.69, 9.17) is 4.74 Å². The predicted octanol–water partition coefficient (Wildman–Crippen LogP) is 4.00. The number of hydrogen-bond donors (Lipinski definition) is 0. The van der Waals surface area contributed by atoms with Crippen molar-refractivity contribution in [3.8, 4) is 5.75 Å². The van der Waals surface area contributed by atoms with Gasteiger partial charge < -0.3 is 4.74 Å². The molecule has 0 radical (unpaired) electrons. The number of benzene rings is 1. The zero-order valence-corrected chi connectivity index (χ0v) is 12.4. The Morgan fingerprint density at radius 1 is 1.17 bits per heavy atom.